The molecule has 1 saturated carbocycles. The van der Waals surface area contributed by atoms with Crippen molar-refractivity contribution in [1.29, 1.82) is 0 Å². The molecule has 0 heterocycles. The minimum absolute atomic E-state index is 0.0115. The summed E-state index contributed by atoms with van der Waals surface area (Å²) in [6.45, 7) is 0.503. The zero-order valence-electron chi connectivity index (χ0n) is 14.1. The molecule has 0 spiro atoms. The second kappa shape index (κ2) is 7.38. The molecule has 1 amide bonds. The number of nitrogens with one attached hydrogen (secondary N) is 1. The third-order valence-corrected chi connectivity index (χ3v) is 4.54. The Balaban J connectivity index is 1.49. The summed E-state index contributed by atoms with van der Waals surface area (Å²) in [5, 5.41) is 12.0. The minimum Gasteiger partial charge on any atom is -0.497 e. The summed E-state index contributed by atoms with van der Waals surface area (Å²) >= 11 is 0. The van der Waals surface area contributed by atoms with E-state index in [1.54, 1.807) is 25.3 Å². The highest BCUT2D eigenvalue weighted by molar-refractivity contribution is 5.87. The molecule has 130 valence electrons. The van der Waals surface area contributed by atoms with Gasteiger partial charge in [-0.05, 0) is 54.2 Å². The fourth-order valence-corrected chi connectivity index (χ4v) is 3.05. The van der Waals surface area contributed by atoms with Gasteiger partial charge in [0.25, 0.3) is 0 Å². The monoisotopic (exact) mass is 339 g/mol. The van der Waals surface area contributed by atoms with Crippen molar-refractivity contribution in [2.45, 2.75) is 18.8 Å². The molecule has 1 fully saturated rings. The highest BCUT2D eigenvalue weighted by Gasteiger charge is 2.43. The van der Waals surface area contributed by atoms with Gasteiger partial charge in [-0.1, -0.05) is 24.3 Å². The van der Waals surface area contributed by atoms with Gasteiger partial charge in [-0.15, -0.1) is 0 Å². The predicted molar refractivity (Wildman–Crippen MR) is 94.0 cm³/mol. The molecule has 5 heteroatoms. The number of carbonyl (C=O) groups excluding carboxylic acids is 1. The van der Waals surface area contributed by atoms with Crippen LogP contribution in [-0.2, 0) is 11.2 Å². The van der Waals surface area contributed by atoms with Crippen molar-refractivity contribution < 1.29 is 19.4 Å². The topological polar surface area (TPSA) is 75.6 Å². The first-order valence-electron chi connectivity index (χ1n) is 8.32. The SMILES string of the molecule is COc1cccc(C2CC2C(=O)NCCc2cccc(C(=O)O)c2)c1. The predicted octanol–water partition coefficient (Wildman–Crippen LogP) is 2.86. The number of aromatic carboxylic acids is 1. The van der Waals surface area contributed by atoms with Gasteiger partial charge in [0.1, 0.15) is 5.75 Å². The van der Waals surface area contributed by atoms with Gasteiger partial charge in [0.05, 0.1) is 12.7 Å². The van der Waals surface area contributed by atoms with Gasteiger partial charge in [-0.2, -0.15) is 0 Å². The van der Waals surface area contributed by atoms with Crippen molar-refractivity contribution in [1.82, 2.24) is 5.32 Å². The van der Waals surface area contributed by atoms with Crippen LogP contribution in [0.25, 0.3) is 0 Å². The molecule has 2 unspecified atom stereocenters. The van der Waals surface area contributed by atoms with E-state index in [-0.39, 0.29) is 23.3 Å². The largest absolute Gasteiger partial charge is 0.497 e. The average Bonchev–Trinajstić information content (AvgIpc) is 3.43. The molecule has 2 aromatic rings. The number of carbonyl (C=O) groups is 2. The van der Waals surface area contributed by atoms with E-state index in [1.807, 2.05) is 30.3 Å². The van der Waals surface area contributed by atoms with Crippen LogP contribution in [0.3, 0.4) is 0 Å². The van der Waals surface area contributed by atoms with Gasteiger partial charge in [0, 0.05) is 12.5 Å². The summed E-state index contributed by atoms with van der Waals surface area (Å²) in [5.41, 5.74) is 2.30. The van der Waals surface area contributed by atoms with Gasteiger partial charge < -0.3 is 15.2 Å². The van der Waals surface area contributed by atoms with Crippen LogP contribution in [-0.4, -0.2) is 30.6 Å². The van der Waals surface area contributed by atoms with E-state index in [2.05, 4.69) is 5.32 Å². The molecule has 2 atom stereocenters. The fourth-order valence-electron chi connectivity index (χ4n) is 3.05. The van der Waals surface area contributed by atoms with E-state index in [4.69, 9.17) is 9.84 Å². The number of rotatable bonds is 7. The Bertz CT molecular complexity index is 787. The molecule has 3 rings (SSSR count). The molecule has 1 aliphatic rings. The van der Waals surface area contributed by atoms with Crippen molar-refractivity contribution >= 4 is 11.9 Å². The maximum absolute atomic E-state index is 12.3. The van der Waals surface area contributed by atoms with Crippen molar-refractivity contribution in [3.05, 3.63) is 65.2 Å². The van der Waals surface area contributed by atoms with E-state index in [9.17, 15) is 9.59 Å². The molecule has 0 saturated heterocycles. The van der Waals surface area contributed by atoms with Gasteiger partial charge in [-0.25, -0.2) is 4.79 Å². The Morgan fingerprint density at radius 3 is 2.76 bits per heavy atom. The van der Waals surface area contributed by atoms with Gasteiger partial charge >= 0.3 is 5.97 Å². The average molecular weight is 339 g/mol. The number of carboxylic acid groups (broad SMARTS) is 1. The highest BCUT2D eigenvalue weighted by Crippen LogP contribution is 2.48. The molecule has 2 N–H and O–H groups in total. The number of benzene rings is 2. The molecule has 25 heavy (non-hydrogen) atoms. The Morgan fingerprint density at radius 1 is 1.20 bits per heavy atom. The molecule has 1 aliphatic carbocycles. The van der Waals surface area contributed by atoms with Crippen LogP contribution in [0.2, 0.25) is 0 Å². The Morgan fingerprint density at radius 2 is 2.00 bits per heavy atom. The van der Waals surface area contributed by atoms with Crippen LogP contribution in [0.5, 0.6) is 5.75 Å². The zero-order chi connectivity index (χ0) is 17.8. The molecule has 5 nitrogen and oxygen atoms in total. The molecular formula is C20H21NO4. The van der Waals surface area contributed by atoms with Crippen LogP contribution in [0.1, 0.15) is 33.8 Å². The summed E-state index contributed by atoms with van der Waals surface area (Å²) in [4.78, 5) is 23.2. The first-order chi connectivity index (χ1) is 12.1. The lowest BCUT2D eigenvalue weighted by Crippen LogP contribution is -2.27. The van der Waals surface area contributed by atoms with Gasteiger partial charge in [0.2, 0.25) is 5.91 Å². The first-order valence-corrected chi connectivity index (χ1v) is 8.32. The summed E-state index contributed by atoms with van der Waals surface area (Å²) in [7, 11) is 1.63. The number of amides is 1. The summed E-state index contributed by atoms with van der Waals surface area (Å²) in [6, 6.07) is 14.6. The third kappa shape index (κ3) is 4.18. The lowest BCUT2D eigenvalue weighted by molar-refractivity contribution is -0.122. The summed E-state index contributed by atoms with van der Waals surface area (Å²) in [5.74, 6) is 0.192. The maximum atomic E-state index is 12.3. The quantitative estimate of drug-likeness (QED) is 0.813. The zero-order valence-corrected chi connectivity index (χ0v) is 14.1. The normalized spacial score (nSPS) is 18.4. The molecular weight excluding hydrogens is 318 g/mol. The second-order valence-corrected chi connectivity index (χ2v) is 6.27. The van der Waals surface area contributed by atoms with Crippen LogP contribution < -0.4 is 10.1 Å². The first kappa shape index (κ1) is 17.0. The lowest BCUT2D eigenvalue weighted by Gasteiger charge is -2.07. The number of carboxylic acids is 1. The Kier molecular flexibility index (Phi) is 5.03. The number of ether oxygens (including phenoxy) is 1. The van der Waals surface area contributed by atoms with Crippen LogP contribution in [0, 0.1) is 5.92 Å². The van der Waals surface area contributed by atoms with Crippen LogP contribution >= 0.6 is 0 Å². The van der Waals surface area contributed by atoms with Crippen LogP contribution in [0.15, 0.2) is 48.5 Å². The lowest BCUT2D eigenvalue weighted by atomic mass is 10.1. The van der Waals surface area contributed by atoms with Crippen molar-refractivity contribution in [3.63, 3.8) is 0 Å². The van der Waals surface area contributed by atoms with E-state index in [0.717, 1.165) is 23.3 Å². The third-order valence-electron chi connectivity index (χ3n) is 4.54. The summed E-state index contributed by atoms with van der Waals surface area (Å²) in [6.07, 6.45) is 1.47. The number of hydrogen-bond donors (Lipinski definition) is 2. The van der Waals surface area contributed by atoms with Gasteiger partial charge in [0.15, 0.2) is 0 Å². The Hall–Kier alpha value is -2.82. The number of hydrogen-bond acceptors (Lipinski definition) is 3. The standard InChI is InChI=1S/C20H21NO4/c1-25-16-7-3-5-14(11-16)17-12-18(17)19(22)21-9-8-13-4-2-6-15(10-13)20(23)24/h2-7,10-11,17-18H,8-9,12H2,1H3,(H,21,22)(H,23,24). The highest BCUT2D eigenvalue weighted by atomic mass is 16.5. The molecule has 0 radical (unpaired) electrons. The van der Waals surface area contributed by atoms with E-state index in [1.165, 1.54) is 0 Å². The van der Waals surface area contributed by atoms with Crippen molar-refractivity contribution in [2.24, 2.45) is 5.92 Å². The molecule has 0 aromatic heterocycles. The van der Waals surface area contributed by atoms with E-state index < -0.39 is 5.97 Å². The summed E-state index contributed by atoms with van der Waals surface area (Å²) < 4.78 is 5.23. The minimum atomic E-state index is -0.940. The van der Waals surface area contributed by atoms with Crippen molar-refractivity contribution in [2.75, 3.05) is 13.7 Å². The van der Waals surface area contributed by atoms with E-state index in [0.29, 0.717) is 13.0 Å². The van der Waals surface area contributed by atoms with Gasteiger partial charge in [-0.3, -0.25) is 4.79 Å². The fraction of sp³-hybridized carbons (Fsp3) is 0.300. The maximum Gasteiger partial charge on any atom is 0.335 e. The molecule has 0 bridgehead atoms. The number of methoxy groups -OCH3 is 1. The molecule has 2 aromatic carbocycles. The van der Waals surface area contributed by atoms with Crippen molar-refractivity contribution in [3.8, 4) is 5.75 Å². The smallest absolute Gasteiger partial charge is 0.335 e. The molecule has 0 aliphatic heterocycles. The second-order valence-electron chi connectivity index (χ2n) is 6.27. The van der Waals surface area contributed by atoms with Crippen LogP contribution in [0.4, 0.5) is 0 Å². The Labute approximate surface area is 146 Å². The van der Waals surface area contributed by atoms with E-state index >= 15 is 0 Å².